The Kier molecular flexibility index (Phi) is 19.4. The van der Waals surface area contributed by atoms with E-state index >= 15 is 0 Å². The fourth-order valence-corrected chi connectivity index (χ4v) is 10.6. The summed E-state index contributed by atoms with van der Waals surface area (Å²) in [6, 6.07) is 7.95. The van der Waals surface area contributed by atoms with E-state index in [1.54, 1.807) is 7.11 Å². The van der Waals surface area contributed by atoms with Gasteiger partial charge in [0, 0.05) is 78.5 Å². The maximum absolute atomic E-state index is 14.2. The molecule has 7 atom stereocenters. The van der Waals surface area contributed by atoms with Crippen molar-refractivity contribution in [3.8, 4) is 22.5 Å². The Bertz CT molecular complexity index is 2330. The number of amides is 2. The zero-order chi connectivity index (χ0) is 42.7. The molecule has 14 nitrogen and oxygen atoms in total. The lowest BCUT2D eigenvalue weighted by atomic mass is 9.84. The van der Waals surface area contributed by atoms with Crippen LogP contribution in [0.5, 0.6) is 0 Å². The first kappa shape index (κ1) is 55.9. The van der Waals surface area contributed by atoms with E-state index in [0.29, 0.717) is 63.6 Å². The lowest BCUT2D eigenvalue weighted by molar-refractivity contribution is -0.155. The highest BCUT2D eigenvalue weighted by atomic mass is 32.1. The molecule has 366 valence electrons. The quantitative estimate of drug-likeness (QED) is 0.213. The number of carbonyl (C=O) groups excluding carboxylic acids is 3. The monoisotopic (exact) mass is 1020 g/mol. The van der Waals surface area contributed by atoms with Crippen LogP contribution in [0, 0.1) is 17.3 Å². The van der Waals surface area contributed by atoms with Gasteiger partial charge in [0.15, 0.2) is 0 Å². The number of carbonyl (C=O) groups is 3. The number of rotatable bonds is 7. The van der Waals surface area contributed by atoms with E-state index in [2.05, 4.69) is 77.2 Å². The first-order chi connectivity index (χ1) is 29.3. The number of methoxy groups -OCH3 is 1. The highest BCUT2D eigenvalue weighted by Crippen LogP contribution is 2.43. The van der Waals surface area contributed by atoms with Gasteiger partial charge < -0.3 is 29.0 Å². The molecule has 7 heterocycles. The Balaban J connectivity index is 0.00000190. The van der Waals surface area contributed by atoms with Crippen LogP contribution in [0.15, 0.2) is 35.8 Å². The normalized spacial score (nSPS) is 25.3. The molecule has 1 saturated carbocycles. The van der Waals surface area contributed by atoms with E-state index < -0.39 is 23.5 Å². The summed E-state index contributed by atoms with van der Waals surface area (Å²) in [6.45, 7) is 15.0. The van der Waals surface area contributed by atoms with E-state index in [1.165, 1.54) is 16.3 Å². The van der Waals surface area contributed by atoms with Gasteiger partial charge in [-0.25, -0.2) is 10.4 Å². The molecule has 3 aromatic heterocycles. The van der Waals surface area contributed by atoms with Crippen molar-refractivity contribution in [3.05, 3.63) is 52.1 Å². The second-order valence-electron chi connectivity index (χ2n) is 18.7. The summed E-state index contributed by atoms with van der Waals surface area (Å²) in [5, 5.41) is 8.46. The van der Waals surface area contributed by atoms with E-state index in [-0.39, 0.29) is 104 Å². The first-order valence-corrected chi connectivity index (χ1v) is 22.9. The van der Waals surface area contributed by atoms with Crippen LogP contribution >= 0.6 is 78.8 Å². The van der Waals surface area contributed by atoms with E-state index in [1.807, 2.05) is 25.4 Å². The molecule has 0 radical (unpaired) electrons. The van der Waals surface area contributed by atoms with E-state index in [9.17, 15) is 14.4 Å². The standard InChI is InChI=1S/C46H60N8O6S.5H2S/c1-8-53-39-12-11-28-15-33(39)35(42(53)34-16-29(19-47-41(34)27(3)58-7)52-20-30-22-59-23-31(21-52)51(30)6)18-46(4,5)25-60-45(57)36-10-9-13-54(50-36)44(56)37(17-40-48-38(28)24-61-40)49-43(55)32-14-26(32)2;;;;;/h11-12,15-16,19,24,26-27,30-32,36-37,50H,8-10,13-14,17-18,20-23,25H2,1-7H3,(H,49,55);5*1H2/t26-,27-,30?,31?,32-,36-,37-;;;;;/m0...../s1. The van der Waals surface area contributed by atoms with E-state index in [0.717, 1.165) is 74.9 Å². The molecule has 4 aromatic rings. The fraction of sp³-hybridized carbons (Fsp3) is 0.587. The molecule has 4 aliphatic heterocycles. The molecule has 3 saturated heterocycles. The second-order valence-corrected chi connectivity index (χ2v) is 19.6. The van der Waals surface area contributed by atoms with Crippen molar-refractivity contribution in [2.45, 2.75) is 104 Å². The number of likely N-dealkylation sites (N-methyl/N-ethyl adjacent to an activating group) is 1. The minimum Gasteiger partial charge on any atom is -0.464 e. The third-order valence-electron chi connectivity index (χ3n) is 13.7. The molecule has 2 unspecified atom stereocenters. The minimum atomic E-state index is -0.832. The Hall–Kier alpha value is -2.66. The van der Waals surface area contributed by atoms with Crippen LogP contribution in [0.1, 0.15) is 76.3 Å². The third kappa shape index (κ3) is 11.2. The SMILES string of the molecule is CCn1c(-c2cc(N3CC4COCC(C3)N4C)cnc2[C@H](C)OC)c2c3cc(ccc31)-c1csc(n1)C[C@H](NC(=O)[C@H]1C[C@@H]1C)C(=O)N1CCC[C@H](N1)C(=O)OCC(C)(C)C2.S.S.S.S.S. The number of aryl methyl sites for hydroxylation is 1. The molecule has 66 heavy (non-hydrogen) atoms. The van der Waals surface area contributed by atoms with Crippen molar-refractivity contribution < 1.29 is 28.6 Å². The smallest absolute Gasteiger partial charge is 0.324 e. The molecule has 0 spiro atoms. The summed E-state index contributed by atoms with van der Waals surface area (Å²) < 4.78 is 20.5. The minimum absolute atomic E-state index is 0. The zero-order valence-corrected chi connectivity index (χ0v) is 44.8. The summed E-state index contributed by atoms with van der Waals surface area (Å²) in [4.78, 5) is 56.5. The lowest BCUT2D eigenvalue weighted by Gasteiger charge is -2.48. The van der Waals surface area contributed by atoms with Gasteiger partial charge in [0.1, 0.15) is 12.1 Å². The highest BCUT2D eigenvalue weighted by Gasteiger charge is 2.42. The molecule has 1 aliphatic carbocycles. The maximum atomic E-state index is 14.2. The van der Waals surface area contributed by atoms with Gasteiger partial charge in [0.05, 0.1) is 72.0 Å². The topological polar surface area (TPSA) is 143 Å². The van der Waals surface area contributed by atoms with Crippen molar-refractivity contribution in [3.63, 3.8) is 0 Å². The number of pyridine rings is 1. The molecule has 8 bridgehead atoms. The Morgan fingerprint density at radius 3 is 2.47 bits per heavy atom. The van der Waals surface area contributed by atoms with Crippen LogP contribution in [-0.4, -0.2) is 120 Å². The number of nitrogens with zero attached hydrogens (tertiary/aromatic N) is 6. The van der Waals surface area contributed by atoms with Gasteiger partial charge in [-0.1, -0.05) is 26.8 Å². The summed E-state index contributed by atoms with van der Waals surface area (Å²) in [5.41, 5.74) is 10.8. The molecule has 9 rings (SSSR count). The summed E-state index contributed by atoms with van der Waals surface area (Å²) >= 11 is 1.49. The Morgan fingerprint density at radius 2 is 1.80 bits per heavy atom. The number of anilines is 1. The molecule has 2 amide bonds. The van der Waals surface area contributed by atoms with Gasteiger partial charge in [-0.15, -0.1) is 11.3 Å². The van der Waals surface area contributed by atoms with Crippen LogP contribution in [-0.2, 0) is 48.0 Å². The van der Waals surface area contributed by atoms with Gasteiger partial charge in [0.2, 0.25) is 5.91 Å². The second kappa shape index (κ2) is 22.8. The predicted octanol–water partition coefficient (Wildman–Crippen LogP) is 5.94. The number of fused-ring (bicyclic) bond motifs is 8. The molecule has 4 fully saturated rings. The lowest BCUT2D eigenvalue weighted by Crippen LogP contribution is -2.63. The van der Waals surface area contributed by atoms with Gasteiger partial charge in [-0.05, 0) is 76.3 Å². The van der Waals surface area contributed by atoms with Crippen molar-refractivity contribution in [1.82, 2.24) is 35.2 Å². The summed E-state index contributed by atoms with van der Waals surface area (Å²) in [6.07, 6.45) is 4.56. The number of esters is 1. The van der Waals surface area contributed by atoms with Gasteiger partial charge in [-0.3, -0.25) is 29.3 Å². The molecular formula is C46H70N8O6S6. The number of piperazine rings is 1. The van der Waals surface area contributed by atoms with Gasteiger partial charge >= 0.3 is 5.97 Å². The molecule has 20 heteroatoms. The number of hydrogen-bond acceptors (Lipinski definition) is 12. The molecule has 2 N–H and O–H groups in total. The summed E-state index contributed by atoms with van der Waals surface area (Å²) in [5.74, 6) is -0.580. The largest absolute Gasteiger partial charge is 0.464 e. The van der Waals surface area contributed by atoms with Crippen molar-refractivity contribution >= 4 is 113 Å². The average molecular weight is 1020 g/mol. The van der Waals surface area contributed by atoms with Crippen LogP contribution in [0.25, 0.3) is 33.4 Å². The number of cyclic esters (lactones) is 1. The first-order valence-electron chi connectivity index (χ1n) is 22.0. The predicted molar refractivity (Wildman–Crippen MR) is 287 cm³/mol. The molecule has 1 aromatic carbocycles. The number of nitrogens with one attached hydrogen (secondary N) is 2. The maximum Gasteiger partial charge on any atom is 0.324 e. The number of hydrogen-bond donors (Lipinski definition) is 2. The van der Waals surface area contributed by atoms with E-state index in [4.69, 9.17) is 24.2 Å². The number of benzene rings is 1. The van der Waals surface area contributed by atoms with Crippen LogP contribution in [0.2, 0.25) is 0 Å². The summed E-state index contributed by atoms with van der Waals surface area (Å²) in [7, 11) is 3.93. The number of aromatic nitrogens is 3. The van der Waals surface area contributed by atoms with Crippen LogP contribution in [0.4, 0.5) is 5.69 Å². The number of ether oxygens (including phenoxy) is 3. The fourth-order valence-electron chi connectivity index (χ4n) is 9.77. The van der Waals surface area contributed by atoms with Crippen molar-refractivity contribution in [2.24, 2.45) is 17.3 Å². The zero-order valence-electron chi connectivity index (χ0n) is 39.0. The number of hydrazine groups is 1. The third-order valence-corrected chi connectivity index (χ3v) is 14.5. The van der Waals surface area contributed by atoms with Crippen LogP contribution < -0.4 is 15.6 Å². The average Bonchev–Trinajstić information content (AvgIpc) is 3.67. The molecular weight excluding hydrogens is 953 g/mol. The highest BCUT2D eigenvalue weighted by molar-refractivity contribution is 7.60. The van der Waals surface area contributed by atoms with Crippen LogP contribution in [0.3, 0.4) is 0 Å². The number of morpholine rings is 1. The number of thiazole rings is 1. The van der Waals surface area contributed by atoms with Crippen molar-refractivity contribution in [2.75, 3.05) is 58.5 Å². The molecule has 5 aliphatic rings. The Labute approximate surface area is 428 Å². The van der Waals surface area contributed by atoms with Crippen molar-refractivity contribution in [1.29, 1.82) is 0 Å². The van der Waals surface area contributed by atoms with Gasteiger partial charge in [0.25, 0.3) is 5.91 Å². The Morgan fingerprint density at radius 1 is 1.09 bits per heavy atom. The van der Waals surface area contributed by atoms with Gasteiger partial charge in [-0.2, -0.15) is 67.5 Å².